The van der Waals surface area contributed by atoms with Crippen molar-refractivity contribution in [1.82, 2.24) is 0 Å². The lowest BCUT2D eigenvalue weighted by Gasteiger charge is -2.16. The second kappa shape index (κ2) is 4.54. The molecule has 1 aliphatic rings. The van der Waals surface area contributed by atoms with Crippen LogP contribution in [0.4, 0.5) is 5.69 Å². The van der Waals surface area contributed by atoms with E-state index in [1.165, 1.54) is 22.4 Å². The molecule has 2 nitrogen and oxygen atoms in total. The summed E-state index contributed by atoms with van der Waals surface area (Å²) in [5.41, 5.74) is 6.16. The smallest absolute Gasteiger partial charge is 0.292 e. The third kappa shape index (κ3) is 2.03. The minimum atomic E-state index is 0.572. The van der Waals surface area contributed by atoms with Crippen LogP contribution in [0.5, 0.6) is 5.75 Å². The van der Waals surface area contributed by atoms with Crippen LogP contribution in [-0.2, 0) is 0 Å². The van der Waals surface area contributed by atoms with Gasteiger partial charge in [-0.1, -0.05) is 24.3 Å². The van der Waals surface area contributed by atoms with Crippen LogP contribution < -0.4 is 4.74 Å². The third-order valence-corrected chi connectivity index (χ3v) is 3.77. The zero-order chi connectivity index (χ0) is 13.4. The molecule has 2 aromatic rings. The van der Waals surface area contributed by atoms with E-state index in [0.717, 1.165) is 11.3 Å². The van der Waals surface area contributed by atoms with Crippen LogP contribution in [0.25, 0.3) is 0 Å². The fraction of sp³-hybridized carbons (Fsp3) is 0.235. The van der Waals surface area contributed by atoms with Crippen molar-refractivity contribution in [2.45, 2.75) is 20.8 Å². The van der Waals surface area contributed by atoms with Gasteiger partial charge in [0.15, 0.2) is 6.21 Å². The summed E-state index contributed by atoms with van der Waals surface area (Å²) >= 11 is 0. The molecule has 3 rings (SSSR count). The van der Waals surface area contributed by atoms with Crippen LogP contribution in [0.15, 0.2) is 36.4 Å². The number of benzene rings is 2. The number of rotatable bonds is 1. The van der Waals surface area contributed by atoms with E-state index >= 15 is 0 Å². The highest BCUT2D eigenvalue weighted by Gasteiger charge is 2.21. The number of nitrogens with zero attached hydrogens (tertiary/aromatic N) is 1. The number of para-hydroxylation sites is 1. The molecule has 0 saturated carbocycles. The molecule has 19 heavy (non-hydrogen) atoms. The maximum Gasteiger partial charge on any atom is 0.292 e. The molecule has 0 spiro atoms. The molecule has 2 aromatic carbocycles. The minimum absolute atomic E-state index is 0.572. The van der Waals surface area contributed by atoms with E-state index in [2.05, 4.69) is 68.0 Å². The summed E-state index contributed by atoms with van der Waals surface area (Å²) in [6.07, 6.45) is 2.17. The quantitative estimate of drug-likeness (QED) is 0.704. The Morgan fingerprint density at radius 3 is 2.53 bits per heavy atom. The van der Waals surface area contributed by atoms with Gasteiger partial charge in [0.25, 0.3) is 6.73 Å². The normalized spacial score (nSPS) is 13.5. The van der Waals surface area contributed by atoms with Gasteiger partial charge in [-0.3, -0.25) is 0 Å². The first-order chi connectivity index (χ1) is 9.16. The van der Waals surface area contributed by atoms with E-state index in [9.17, 15) is 0 Å². The Morgan fingerprint density at radius 1 is 0.947 bits per heavy atom. The second-order valence-corrected chi connectivity index (χ2v) is 5.08. The van der Waals surface area contributed by atoms with Crippen LogP contribution >= 0.6 is 0 Å². The molecule has 0 unspecified atom stereocenters. The number of fused-ring (bicyclic) bond motifs is 1. The molecule has 0 aromatic heterocycles. The van der Waals surface area contributed by atoms with Gasteiger partial charge in [0.1, 0.15) is 5.75 Å². The Hall–Kier alpha value is -2.09. The highest BCUT2D eigenvalue weighted by atomic mass is 16.5. The Morgan fingerprint density at radius 2 is 1.68 bits per heavy atom. The molecule has 96 valence electrons. The van der Waals surface area contributed by atoms with Gasteiger partial charge in [0, 0.05) is 11.6 Å². The molecule has 1 heterocycles. The monoisotopic (exact) mass is 252 g/mol. The van der Waals surface area contributed by atoms with Crippen LogP contribution in [-0.4, -0.2) is 17.5 Å². The molecule has 0 saturated heterocycles. The van der Waals surface area contributed by atoms with Crippen molar-refractivity contribution < 1.29 is 9.31 Å². The minimum Gasteiger partial charge on any atom is -0.435 e. The van der Waals surface area contributed by atoms with Crippen LogP contribution in [0, 0.1) is 20.8 Å². The Bertz CT molecular complexity index is 671. The molecule has 1 aliphatic heterocycles. The summed E-state index contributed by atoms with van der Waals surface area (Å²) in [5, 5.41) is 0. The summed E-state index contributed by atoms with van der Waals surface area (Å²) < 4.78 is 8.08. The predicted octanol–water partition coefficient (Wildman–Crippen LogP) is 3.72. The van der Waals surface area contributed by atoms with Crippen molar-refractivity contribution in [3.63, 3.8) is 0 Å². The molecular weight excluding hydrogens is 234 g/mol. The Balaban J connectivity index is 2.11. The highest BCUT2D eigenvalue weighted by molar-refractivity contribution is 5.82. The number of hydrogen-bond acceptors (Lipinski definition) is 1. The van der Waals surface area contributed by atoms with E-state index in [0.29, 0.717) is 6.73 Å². The first-order valence-electron chi connectivity index (χ1n) is 6.57. The van der Waals surface area contributed by atoms with Gasteiger partial charge >= 0.3 is 0 Å². The summed E-state index contributed by atoms with van der Waals surface area (Å²) in [6, 6.07) is 12.6. The second-order valence-electron chi connectivity index (χ2n) is 5.08. The zero-order valence-corrected chi connectivity index (χ0v) is 11.6. The molecule has 0 bridgehead atoms. The van der Waals surface area contributed by atoms with Crippen molar-refractivity contribution in [3.05, 3.63) is 58.7 Å². The van der Waals surface area contributed by atoms with Crippen LogP contribution in [0.3, 0.4) is 0 Å². The largest absolute Gasteiger partial charge is 0.435 e. The fourth-order valence-corrected chi connectivity index (χ4v) is 2.50. The maximum atomic E-state index is 5.91. The lowest BCUT2D eigenvalue weighted by molar-refractivity contribution is -0.476. The average molecular weight is 252 g/mol. The summed E-state index contributed by atoms with van der Waals surface area (Å²) in [4.78, 5) is 0. The SMILES string of the molecule is Cc1cccc([N+]2=Cc3cccc(C)c3OC2)c1C. The van der Waals surface area contributed by atoms with Gasteiger partial charge < -0.3 is 4.74 Å². The van der Waals surface area contributed by atoms with Gasteiger partial charge in [-0.25, -0.2) is 0 Å². The van der Waals surface area contributed by atoms with Gasteiger partial charge in [0.05, 0.1) is 5.56 Å². The predicted molar refractivity (Wildman–Crippen MR) is 77.7 cm³/mol. The molecule has 2 heteroatoms. The fourth-order valence-electron chi connectivity index (χ4n) is 2.50. The van der Waals surface area contributed by atoms with Gasteiger partial charge in [-0.05, 0) is 38.0 Å². The van der Waals surface area contributed by atoms with E-state index in [1.807, 2.05) is 0 Å². The van der Waals surface area contributed by atoms with Crippen molar-refractivity contribution >= 4 is 11.9 Å². The number of hydrogen-bond donors (Lipinski definition) is 0. The van der Waals surface area contributed by atoms with Gasteiger partial charge in [-0.15, -0.1) is 0 Å². The molecule has 0 fully saturated rings. The topological polar surface area (TPSA) is 12.2 Å². The molecule has 0 N–H and O–H groups in total. The molecule has 0 radical (unpaired) electrons. The summed E-state index contributed by atoms with van der Waals surface area (Å²) in [5.74, 6) is 1.00. The summed E-state index contributed by atoms with van der Waals surface area (Å²) in [6.45, 7) is 6.95. The summed E-state index contributed by atoms with van der Waals surface area (Å²) in [7, 11) is 0. The first-order valence-corrected chi connectivity index (χ1v) is 6.57. The van der Waals surface area contributed by atoms with E-state index in [4.69, 9.17) is 4.74 Å². The van der Waals surface area contributed by atoms with Gasteiger partial charge in [-0.2, -0.15) is 4.58 Å². The van der Waals surface area contributed by atoms with Crippen molar-refractivity contribution in [3.8, 4) is 5.75 Å². The molecule has 0 amide bonds. The van der Waals surface area contributed by atoms with Crippen molar-refractivity contribution in [2.24, 2.45) is 0 Å². The third-order valence-electron chi connectivity index (χ3n) is 3.77. The Labute approximate surface area is 114 Å². The number of aryl methyl sites for hydroxylation is 2. The number of ether oxygens (including phenoxy) is 1. The lowest BCUT2D eigenvalue weighted by atomic mass is 10.1. The van der Waals surface area contributed by atoms with Crippen molar-refractivity contribution in [2.75, 3.05) is 6.73 Å². The van der Waals surface area contributed by atoms with Crippen molar-refractivity contribution in [1.29, 1.82) is 0 Å². The van der Waals surface area contributed by atoms with Crippen LogP contribution in [0.1, 0.15) is 22.3 Å². The zero-order valence-electron chi connectivity index (χ0n) is 11.6. The van der Waals surface area contributed by atoms with Crippen LogP contribution in [0.2, 0.25) is 0 Å². The molecular formula is C17H18NO+. The van der Waals surface area contributed by atoms with Gasteiger partial charge in [0.2, 0.25) is 5.69 Å². The molecule has 0 atom stereocenters. The highest BCUT2D eigenvalue weighted by Crippen LogP contribution is 2.28. The standard InChI is InChI=1S/C17H18NO/c1-12-6-5-9-16(14(12)3)18-10-15-8-4-7-13(2)17(15)19-11-18/h4-10H,11H2,1-3H3/q+1. The first kappa shape index (κ1) is 12.0. The Kier molecular flexibility index (Phi) is 2.86. The van der Waals surface area contributed by atoms with E-state index < -0.39 is 0 Å². The lowest BCUT2D eigenvalue weighted by Crippen LogP contribution is -2.21. The van der Waals surface area contributed by atoms with E-state index in [-0.39, 0.29) is 0 Å². The molecule has 0 aliphatic carbocycles. The van der Waals surface area contributed by atoms with E-state index in [1.54, 1.807) is 0 Å². The average Bonchev–Trinajstić information content (AvgIpc) is 2.42. The maximum absolute atomic E-state index is 5.91.